The van der Waals surface area contributed by atoms with Crippen LogP contribution in [0.5, 0.6) is 6.01 Å². The fourth-order valence-electron chi connectivity index (χ4n) is 3.35. The van der Waals surface area contributed by atoms with Crippen LogP contribution in [0.4, 0.5) is 18.9 Å². The zero-order valence-electron chi connectivity index (χ0n) is 18.9. The van der Waals surface area contributed by atoms with Gasteiger partial charge in [-0.3, -0.25) is 9.52 Å². The number of nitrogens with zero attached hydrogens (tertiary/aromatic N) is 4. The minimum absolute atomic E-state index is 0.0962. The van der Waals surface area contributed by atoms with Crippen molar-refractivity contribution in [3.05, 3.63) is 65.7 Å². The summed E-state index contributed by atoms with van der Waals surface area (Å²) >= 11 is 0. The second kappa shape index (κ2) is 9.91. The molecule has 0 atom stereocenters. The number of alkyl halides is 1. The lowest BCUT2D eigenvalue weighted by molar-refractivity contribution is 0.103. The van der Waals surface area contributed by atoms with Crippen LogP contribution in [0.2, 0.25) is 0 Å². The second-order valence-electron chi connectivity index (χ2n) is 7.51. The van der Waals surface area contributed by atoms with E-state index in [1.54, 1.807) is 6.07 Å². The highest BCUT2D eigenvalue weighted by atomic mass is 32.2. The average Bonchev–Trinajstić information content (AvgIpc) is 3.29. The van der Waals surface area contributed by atoms with Crippen molar-refractivity contribution < 1.29 is 31.1 Å². The van der Waals surface area contributed by atoms with Gasteiger partial charge in [-0.1, -0.05) is 0 Å². The number of benzene rings is 1. The summed E-state index contributed by atoms with van der Waals surface area (Å²) in [6.07, 6.45) is 5.72. The van der Waals surface area contributed by atoms with Gasteiger partial charge in [0.05, 0.1) is 18.4 Å². The molecule has 0 saturated carbocycles. The standard InChI is InChI=1S/C22H19F3N6O4S/c1-31(6-5-23)36(33,34)30-17-4-3-16(24)18(19(17)25)20(32)15-11-27-21-14(15)7-12(8-26-21)13-9-28-22(35-2)29-10-13/h3-4,7-11,30H,5-6H2,1-2H3,(H,26,27). The fraction of sp³-hybridized carbons (Fsp3) is 0.182. The van der Waals surface area contributed by atoms with Gasteiger partial charge in [0.25, 0.3) is 0 Å². The van der Waals surface area contributed by atoms with Gasteiger partial charge in [-0.25, -0.2) is 28.1 Å². The highest BCUT2D eigenvalue weighted by Crippen LogP contribution is 2.29. The number of methoxy groups -OCH3 is 1. The molecule has 0 saturated heterocycles. The van der Waals surface area contributed by atoms with Gasteiger partial charge in [0, 0.05) is 60.5 Å². The molecule has 3 heterocycles. The molecule has 0 amide bonds. The van der Waals surface area contributed by atoms with E-state index >= 15 is 4.39 Å². The zero-order chi connectivity index (χ0) is 26.0. The molecule has 0 fully saturated rings. The van der Waals surface area contributed by atoms with Crippen molar-refractivity contribution in [2.24, 2.45) is 0 Å². The Kier molecular flexibility index (Phi) is 6.90. The van der Waals surface area contributed by atoms with E-state index in [1.807, 2.05) is 4.72 Å². The Morgan fingerprint density at radius 3 is 2.50 bits per heavy atom. The van der Waals surface area contributed by atoms with Gasteiger partial charge >= 0.3 is 16.2 Å². The van der Waals surface area contributed by atoms with Gasteiger partial charge in [0.15, 0.2) is 5.82 Å². The number of halogens is 3. The Morgan fingerprint density at radius 2 is 1.83 bits per heavy atom. The average molecular weight is 520 g/mol. The molecular weight excluding hydrogens is 501 g/mol. The molecule has 3 aromatic heterocycles. The number of rotatable bonds is 9. The third-order valence-electron chi connectivity index (χ3n) is 5.29. The first kappa shape index (κ1) is 25.1. The molecule has 0 aliphatic heterocycles. The molecule has 0 unspecified atom stereocenters. The Balaban J connectivity index is 1.74. The van der Waals surface area contributed by atoms with E-state index in [0.717, 1.165) is 19.2 Å². The van der Waals surface area contributed by atoms with Crippen LogP contribution in [0.1, 0.15) is 15.9 Å². The maximum absolute atomic E-state index is 15.2. The lowest BCUT2D eigenvalue weighted by Gasteiger charge is -2.18. The molecule has 1 aromatic carbocycles. The SMILES string of the molecule is COc1ncc(-c2cnc3[nH]cc(C(=O)c4c(F)ccc(NS(=O)(=O)N(C)CCF)c4F)c3c2)cn1. The molecule has 36 heavy (non-hydrogen) atoms. The number of hydrogen-bond acceptors (Lipinski definition) is 7. The van der Waals surface area contributed by atoms with Crippen LogP contribution in [0.15, 0.2) is 43.0 Å². The number of ketones is 1. The summed E-state index contributed by atoms with van der Waals surface area (Å²) in [7, 11) is -1.85. The van der Waals surface area contributed by atoms with Crippen molar-refractivity contribution in [1.82, 2.24) is 24.2 Å². The third kappa shape index (κ3) is 4.72. The summed E-state index contributed by atoms with van der Waals surface area (Å²) in [6.45, 7) is -1.44. The van der Waals surface area contributed by atoms with Gasteiger partial charge in [0.1, 0.15) is 18.1 Å². The molecule has 0 aliphatic rings. The molecule has 4 aromatic rings. The maximum atomic E-state index is 15.2. The van der Waals surface area contributed by atoms with Crippen molar-refractivity contribution >= 4 is 32.7 Å². The van der Waals surface area contributed by atoms with E-state index in [-0.39, 0.29) is 22.6 Å². The number of carbonyl (C=O) groups excluding carboxylic acids is 1. The maximum Gasteiger partial charge on any atom is 0.316 e. The number of anilines is 1. The Labute approximate surface area is 203 Å². The monoisotopic (exact) mass is 520 g/mol. The minimum atomic E-state index is -4.35. The van der Waals surface area contributed by atoms with Crippen LogP contribution < -0.4 is 9.46 Å². The van der Waals surface area contributed by atoms with Crippen molar-refractivity contribution in [3.8, 4) is 17.1 Å². The normalized spacial score (nSPS) is 11.7. The number of carbonyl (C=O) groups is 1. The van der Waals surface area contributed by atoms with Crippen molar-refractivity contribution in [2.45, 2.75) is 0 Å². The van der Waals surface area contributed by atoms with E-state index in [2.05, 4.69) is 19.9 Å². The van der Waals surface area contributed by atoms with Crippen LogP contribution in [-0.4, -0.2) is 65.8 Å². The van der Waals surface area contributed by atoms with Crippen LogP contribution in [0, 0.1) is 11.6 Å². The quantitative estimate of drug-likeness (QED) is 0.324. The number of aromatic amines is 1. The Bertz CT molecular complexity index is 1540. The van der Waals surface area contributed by atoms with E-state index < -0.39 is 52.1 Å². The van der Waals surface area contributed by atoms with Gasteiger partial charge in [0.2, 0.25) is 5.78 Å². The molecule has 188 valence electrons. The first-order valence-electron chi connectivity index (χ1n) is 10.3. The number of pyridine rings is 1. The molecule has 0 bridgehead atoms. The minimum Gasteiger partial charge on any atom is -0.467 e. The number of fused-ring (bicyclic) bond motifs is 1. The topological polar surface area (TPSA) is 130 Å². The van der Waals surface area contributed by atoms with Crippen LogP contribution in [-0.2, 0) is 10.2 Å². The van der Waals surface area contributed by atoms with E-state index in [9.17, 15) is 22.0 Å². The number of ether oxygens (including phenoxy) is 1. The Hall–Kier alpha value is -4.04. The molecule has 14 heteroatoms. The number of H-pyrrole nitrogens is 1. The summed E-state index contributed by atoms with van der Waals surface area (Å²) in [5.41, 5.74) is -0.377. The second-order valence-corrected chi connectivity index (χ2v) is 9.29. The van der Waals surface area contributed by atoms with Gasteiger partial charge in [-0.05, 0) is 18.2 Å². The molecule has 2 N–H and O–H groups in total. The van der Waals surface area contributed by atoms with Crippen LogP contribution >= 0.6 is 0 Å². The van der Waals surface area contributed by atoms with Crippen molar-refractivity contribution in [1.29, 1.82) is 0 Å². The summed E-state index contributed by atoms with van der Waals surface area (Å²) in [5.74, 6) is -3.65. The summed E-state index contributed by atoms with van der Waals surface area (Å²) in [6, 6.07) is 3.32. The summed E-state index contributed by atoms with van der Waals surface area (Å²) in [5, 5.41) is 0.265. The molecule has 0 radical (unpaired) electrons. The van der Waals surface area contributed by atoms with E-state index in [0.29, 0.717) is 15.4 Å². The van der Waals surface area contributed by atoms with E-state index in [1.165, 1.54) is 31.9 Å². The molecule has 0 aliphatic carbocycles. The van der Waals surface area contributed by atoms with E-state index in [4.69, 9.17) is 4.74 Å². The third-order valence-corrected chi connectivity index (χ3v) is 6.77. The van der Waals surface area contributed by atoms with Gasteiger partial charge in [-0.2, -0.15) is 12.7 Å². The lowest BCUT2D eigenvalue weighted by Crippen LogP contribution is -2.34. The van der Waals surface area contributed by atoms with Crippen molar-refractivity contribution in [2.75, 3.05) is 32.1 Å². The van der Waals surface area contributed by atoms with Crippen LogP contribution in [0.25, 0.3) is 22.2 Å². The predicted molar refractivity (Wildman–Crippen MR) is 125 cm³/mol. The zero-order valence-corrected chi connectivity index (χ0v) is 19.7. The first-order chi connectivity index (χ1) is 17.2. The first-order valence-corrected chi connectivity index (χ1v) is 11.8. The highest BCUT2D eigenvalue weighted by Gasteiger charge is 2.27. The number of aromatic nitrogens is 4. The van der Waals surface area contributed by atoms with Gasteiger partial charge < -0.3 is 9.72 Å². The largest absolute Gasteiger partial charge is 0.467 e. The predicted octanol–water partition coefficient (Wildman–Crippen LogP) is 3.10. The van der Waals surface area contributed by atoms with Crippen molar-refractivity contribution in [3.63, 3.8) is 0 Å². The highest BCUT2D eigenvalue weighted by molar-refractivity contribution is 7.90. The smallest absolute Gasteiger partial charge is 0.316 e. The molecular formula is C22H19F3N6O4S. The number of hydrogen-bond donors (Lipinski definition) is 2. The molecule has 4 rings (SSSR count). The van der Waals surface area contributed by atoms with Crippen LogP contribution in [0.3, 0.4) is 0 Å². The lowest BCUT2D eigenvalue weighted by atomic mass is 10.0. The number of nitrogens with one attached hydrogen (secondary N) is 2. The summed E-state index contributed by atoms with van der Waals surface area (Å²) < 4.78 is 74.5. The summed E-state index contributed by atoms with van der Waals surface area (Å²) in [4.78, 5) is 28.3. The fourth-order valence-corrected chi connectivity index (χ4v) is 4.25. The van der Waals surface area contributed by atoms with Gasteiger partial charge in [-0.15, -0.1) is 0 Å². The molecule has 0 spiro atoms. The molecule has 10 nitrogen and oxygen atoms in total. The Morgan fingerprint density at radius 1 is 1.14 bits per heavy atom.